The molecule has 1 atom stereocenters. The van der Waals surface area contributed by atoms with E-state index in [4.69, 9.17) is 61.6 Å². The van der Waals surface area contributed by atoms with Crippen molar-refractivity contribution in [3.05, 3.63) is 91.4 Å². The predicted octanol–water partition coefficient (Wildman–Crippen LogP) is 7.13. The van der Waals surface area contributed by atoms with Crippen molar-refractivity contribution in [2.45, 2.75) is 44.8 Å². The summed E-state index contributed by atoms with van der Waals surface area (Å²) in [7, 11) is 0. The van der Waals surface area contributed by atoms with Gasteiger partial charge in [-0.2, -0.15) is 0 Å². The summed E-state index contributed by atoms with van der Waals surface area (Å²) < 4.78 is 11.4. The highest BCUT2D eigenvalue weighted by molar-refractivity contribution is 6.42. The second-order valence-corrected chi connectivity index (χ2v) is 10.7. The van der Waals surface area contributed by atoms with Gasteiger partial charge in [-0.25, -0.2) is 0 Å². The van der Waals surface area contributed by atoms with Gasteiger partial charge in [-0.3, -0.25) is 4.79 Å². The number of carbonyl (C=O) groups excluding carboxylic acids is 1. The fourth-order valence-electron chi connectivity index (χ4n) is 4.03. The molecule has 0 aromatic heterocycles. The lowest BCUT2D eigenvalue weighted by molar-refractivity contribution is -0.133. The van der Waals surface area contributed by atoms with Crippen molar-refractivity contribution >= 4 is 52.3 Å². The third kappa shape index (κ3) is 7.46. The van der Waals surface area contributed by atoms with Crippen LogP contribution in [0, 0.1) is 6.92 Å². The lowest BCUT2D eigenvalue weighted by Crippen LogP contribution is -2.45. The minimum atomic E-state index is -0.664. The Morgan fingerprint density at radius 1 is 0.973 bits per heavy atom. The number of amides is 1. The highest BCUT2D eigenvalue weighted by Crippen LogP contribution is 2.34. The summed E-state index contributed by atoms with van der Waals surface area (Å²) in [6.07, 6.45) is 2.35. The number of hydrogen-bond acceptors (Lipinski definition) is 4. The Morgan fingerprint density at radius 2 is 1.62 bits per heavy atom. The zero-order valence-corrected chi connectivity index (χ0v) is 23.4. The van der Waals surface area contributed by atoms with Gasteiger partial charge in [0, 0.05) is 12.6 Å². The van der Waals surface area contributed by atoms with Crippen LogP contribution in [0.15, 0.2) is 54.6 Å². The largest absolute Gasteiger partial charge is 0.490 e. The van der Waals surface area contributed by atoms with E-state index in [1.54, 1.807) is 18.2 Å². The molecule has 37 heavy (non-hydrogen) atoms. The van der Waals surface area contributed by atoms with E-state index in [1.165, 1.54) is 0 Å². The first-order valence-electron chi connectivity index (χ1n) is 12.0. The Morgan fingerprint density at radius 3 is 2.27 bits per heavy atom. The van der Waals surface area contributed by atoms with Crippen molar-refractivity contribution in [2.75, 3.05) is 13.2 Å². The van der Waals surface area contributed by atoms with Crippen LogP contribution in [0.1, 0.15) is 29.5 Å². The van der Waals surface area contributed by atoms with Crippen LogP contribution in [-0.2, 0) is 17.8 Å². The molecule has 0 bridgehead atoms. The van der Waals surface area contributed by atoms with Gasteiger partial charge in [-0.15, -0.1) is 0 Å². The van der Waals surface area contributed by atoms with Crippen LogP contribution < -0.4 is 15.2 Å². The monoisotopic (exact) mass is 580 g/mol. The molecule has 0 saturated heterocycles. The molecule has 1 amide bonds. The van der Waals surface area contributed by atoms with Crippen molar-refractivity contribution in [3.8, 4) is 11.5 Å². The van der Waals surface area contributed by atoms with Crippen LogP contribution in [0.4, 0.5) is 0 Å². The third-order valence-corrected chi connectivity index (χ3v) is 7.50. The molecule has 1 aliphatic rings. The number of halogens is 4. The predicted molar refractivity (Wildman–Crippen MR) is 150 cm³/mol. The summed E-state index contributed by atoms with van der Waals surface area (Å²) in [4.78, 5) is 15.0. The molecule has 196 valence electrons. The fraction of sp³-hybridized carbons (Fsp3) is 0.321. The van der Waals surface area contributed by atoms with E-state index in [0.717, 1.165) is 29.5 Å². The molecule has 9 heteroatoms. The number of nitrogens with zero attached hydrogens (tertiary/aromatic N) is 1. The molecule has 1 aliphatic carbocycles. The molecule has 0 heterocycles. The van der Waals surface area contributed by atoms with E-state index in [2.05, 4.69) is 0 Å². The summed E-state index contributed by atoms with van der Waals surface area (Å²) in [5, 5.41) is 1.89. The molecular formula is C28H28Cl4N2O3. The van der Waals surface area contributed by atoms with Gasteiger partial charge in [0.2, 0.25) is 5.91 Å². The van der Waals surface area contributed by atoms with Gasteiger partial charge in [0.05, 0.1) is 26.1 Å². The van der Waals surface area contributed by atoms with Crippen molar-refractivity contribution in [3.63, 3.8) is 0 Å². The van der Waals surface area contributed by atoms with E-state index in [1.807, 2.05) is 48.2 Å². The zero-order chi connectivity index (χ0) is 26.5. The van der Waals surface area contributed by atoms with E-state index in [0.29, 0.717) is 51.2 Å². The number of carbonyl (C=O) groups is 1. The number of benzene rings is 3. The topological polar surface area (TPSA) is 64.8 Å². The van der Waals surface area contributed by atoms with Crippen molar-refractivity contribution in [2.24, 2.45) is 5.73 Å². The first-order valence-corrected chi connectivity index (χ1v) is 13.5. The maximum Gasteiger partial charge on any atom is 0.240 e. The summed E-state index contributed by atoms with van der Waals surface area (Å²) in [6, 6.07) is 16.1. The molecule has 3 aromatic rings. The van der Waals surface area contributed by atoms with Crippen molar-refractivity contribution in [1.29, 1.82) is 0 Å². The van der Waals surface area contributed by atoms with Crippen LogP contribution >= 0.6 is 46.4 Å². The summed E-state index contributed by atoms with van der Waals surface area (Å²) in [5.74, 6) is 1.04. The molecule has 4 rings (SSSR count). The molecule has 0 spiro atoms. The Balaban J connectivity index is 1.28. The SMILES string of the molecule is Cc1cc(Cl)c(OCCOc2ccc(CC(N)C(=O)N(Cc3cccc(Cl)c3Cl)C3CC3)cc2)c(Cl)c1. The summed E-state index contributed by atoms with van der Waals surface area (Å²) in [5.41, 5.74) is 9.07. The van der Waals surface area contributed by atoms with Crippen molar-refractivity contribution in [1.82, 2.24) is 4.90 Å². The average Bonchev–Trinajstić information content (AvgIpc) is 3.70. The Bertz CT molecular complexity index is 1230. The number of ether oxygens (including phenoxy) is 2. The zero-order valence-electron chi connectivity index (χ0n) is 20.4. The Hall–Kier alpha value is -2.15. The molecule has 0 aliphatic heterocycles. The van der Waals surface area contributed by atoms with E-state index in [-0.39, 0.29) is 18.6 Å². The quantitative estimate of drug-likeness (QED) is 0.245. The smallest absolute Gasteiger partial charge is 0.240 e. The van der Waals surface area contributed by atoms with E-state index < -0.39 is 6.04 Å². The highest BCUT2D eigenvalue weighted by atomic mass is 35.5. The summed E-state index contributed by atoms with van der Waals surface area (Å²) >= 11 is 24.9. The molecule has 2 N–H and O–H groups in total. The first-order chi connectivity index (χ1) is 17.7. The van der Waals surface area contributed by atoms with Gasteiger partial charge in [0.25, 0.3) is 0 Å². The van der Waals surface area contributed by atoms with Crippen LogP contribution in [0.3, 0.4) is 0 Å². The van der Waals surface area contributed by atoms with Gasteiger partial charge in [0.15, 0.2) is 5.75 Å². The lowest BCUT2D eigenvalue weighted by Gasteiger charge is -2.26. The van der Waals surface area contributed by atoms with Crippen molar-refractivity contribution < 1.29 is 14.3 Å². The van der Waals surface area contributed by atoms with Gasteiger partial charge < -0.3 is 20.1 Å². The first kappa shape index (κ1) is 27.9. The average molecular weight is 582 g/mol. The fourth-order valence-corrected chi connectivity index (χ4v) is 5.12. The normalized spacial score (nSPS) is 13.8. The highest BCUT2D eigenvalue weighted by Gasteiger charge is 2.35. The van der Waals surface area contributed by atoms with Crippen LogP contribution in [0.25, 0.3) is 0 Å². The molecule has 1 saturated carbocycles. The maximum atomic E-state index is 13.2. The van der Waals surface area contributed by atoms with Gasteiger partial charge in [0.1, 0.15) is 19.0 Å². The second-order valence-electron chi connectivity index (χ2n) is 9.12. The Kier molecular flexibility index (Phi) is 9.49. The standard InChI is InChI=1S/C28H28Cl4N2O3/c1-17-13-23(30)27(24(31)14-17)37-12-11-36-21-9-5-18(6-10-21)15-25(33)28(35)34(20-7-8-20)16-19-3-2-4-22(29)26(19)32/h2-6,9-10,13-14,20,25H,7-8,11-12,15-16,33H2,1H3. The number of hydrogen-bond donors (Lipinski definition) is 1. The third-order valence-electron chi connectivity index (χ3n) is 6.08. The summed E-state index contributed by atoms with van der Waals surface area (Å²) in [6.45, 7) is 2.92. The Labute approximate surface area is 237 Å². The molecule has 0 radical (unpaired) electrons. The number of rotatable bonds is 11. The minimum Gasteiger partial charge on any atom is -0.490 e. The van der Waals surface area contributed by atoms with Crippen LogP contribution in [0.2, 0.25) is 20.1 Å². The van der Waals surface area contributed by atoms with E-state index >= 15 is 0 Å². The molecular weight excluding hydrogens is 554 g/mol. The molecule has 1 unspecified atom stereocenters. The lowest BCUT2D eigenvalue weighted by atomic mass is 10.0. The van der Waals surface area contributed by atoms with Crippen LogP contribution in [-0.4, -0.2) is 36.1 Å². The molecule has 1 fully saturated rings. The number of aryl methyl sites for hydroxylation is 1. The number of nitrogens with two attached hydrogens (primary N) is 1. The van der Waals surface area contributed by atoms with Crippen LogP contribution in [0.5, 0.6) is 11.5 Å². The van der Waals surface area contributed by atoms with Gasteiger partial charge in [-0.1, -0.05) is 70.7 Å². The van der Waals surface area contributed by atoms with E-state index in [9.17, 15) is 4.79 Å². The minimum absolute atomic E-state index is 0.0931. The molecule has 3 aromatic carbocycles. The second kappa shape index (κ2) is 12.6. The van der Waals surface area contributed by atoms with Gasteiger partial charge >= 0.3 is 0 Å². The maximum absolute atomic E-state index is 13.2. The molecule has 5 nitrogen and oxygen atoms in total. The van der Waals surface area contributed by atoms with Gasteiger partial charge in [-0.05, 0) is 73.2 Å².